The van der Waals surface area contributed by atoms with Gasteiger partial charge < -0.3 is 9.47 Å². The van der Waals surface area contributed by atoms with Crippen LogP contribution in [0.15, 0.2) is 12.7 Å². The van der Waals surface area contributed by atoms with Crippen LogP contribution in [0.1, 0.15) is 32.6 Å². The smallest absolute Gasteiger partial charge is 0.157 e. The van der Waals surface area contributed by atoms with E-state index in [1.54, 1.807) is 0 Å². The van der Waals surface area contributed by atoms with Gasteiger partial charge in [0.25, 0.3) is 0 Å². The van der Waals surface area contributed by atoms with E-state index in [0.29, 0.717) is 6.61 Å². The number of rotatable bonds is 4. The van der Waals surface area contributed by atoms with Crippen molar-refractivity contribution in [2.45, 2.75) is 38.9 Å². The van der Waals surface area contributed by atoms with Crippen molar-refractivity contribution in [1.82, 2.24) is 0 Å². The van der Waals surface area contributed by atoms with Crippen molar-refractivity contribution in [3.63, 3.8) is 0 Å². The molecule has 84 valence electrons. The summed E-state index contributed by atoms with van der Waals surface area (Å²) in [7, 11) is 0. The van der Waals surface area contributed by atoms with E-state index in [1.165, 1.54) is 6.42 Å². The molecule has 0 amide bonds. The van der Waals surface area contributed by atoms with Crippen LogP contribution in [-0.4, -0.2) is 19.5 Å². The minimum Gasteiger partial charge on any atom is -0.353 e. The Kier molecular flexibility index (Phi) is 6.15. The van der Waals surface area contributed by atoms with E-state index in [4.69, 9.17) is 9.47 Å². The molecule has 2 atom stereocenters. The molecule has 0 bridgehead atoms. The summed E-state index contributed by atoms with van der Waals surface area (Å²) in [6.45, 7) is 7.22. The summed E-state index contributed by atoms with van der Waals surface area (Å²) in [6.07, 6.45) is 6.03. The largest absolute Gasteiger partial charge is 0.353 e. The lowest BCUT2D eigenvalue weighted by Gasteiger charge is -2.22. The highest BCUT2D eigenvalue weighted by molar-refractivity contribution is 5.07. The molecule has 0 spiro atoms. The van der Waals surface area contributed by atoms with Crippen LogP contribution in [0, 0.1) is 17.8 Å². The first-order valence-corrected chi connectivity index (χ1v) is 5.67. The zero-order valence-corrected chi connectivity index (χ0v) is 9.50. The summed E-state index contributed by atoms with van der Waals surface area (Å²) < 4.78 is 11.0. The molecular formula is C13H20O2. The highest BCUT2D eigenvalue weighted by atomic mass is 16.7. The fraction of sp³-hybridized carbons (Fsp3) is 0.692. The van der Waals surface area contributed by atoms with Gasteiger partial charge in [-0.3, -0.25) is 0 Å². The molecule has 2 unspecified atom stereocenters. The molecule has 2 nitrogen and oxygen atoms in total. The average molecular weight is 208 g/mol. The van der Waals surface area contributed by atoms with Crippen LogP contribution in [0.2, 0.25) is 0 Å². The molecule has 0 aromatic heterocycles. The van der Waals surface area contributed by atoms with Crippen molar-refractivity contribution in [1.29, 1.82) is 0 Å². The monoisotopic (exact) mass is 208 g/mol. The van der Waals surface area contributed by atoms with Crippen LogP contribution in [0.4, 0.5) is 0 Å². The van der Waals surface area contributed by atoms with Gasteiger partial charge in [-0.25, -0.2) is 0 Å². The lowest BCUT2D eigenvalue weighted by Crippen LogP contribution is -2.22. The predicted octanol–water partition coefficient (Wildman–Crippen LogP) is 2.75. The molecule has 0 saturated carbocycles. The predicted molar refractivity (Wildman–Crippen MR) is 61.3 cm³/mol. The standard InChI is InChI=1S/C13H20O2/c1-3-12(2)8-4-6-10-14-13-9-5-7-11-15-13/h3,12-13H,1,5-7,9-11H2,2H3. The lowest BCUT2D eigenvalue weighted by atomic mass is 10.2. The second-order valence-electron chi connectivity index (χ2n) is 3.76. The van der Waals surface area contributed by atoms with Gasteiger partial charge in [-0.1, -0.05) is 12.0 Å². The maximum atomic E-state index is 5.55. The molecule has 15 heavy (non-hydrogen) atoms. The Balaban J connectivity index is 2.04. The van der Waals surface area contributed by atoms with Gasteiger partial charge in [0.05, 0.1) is 6.61 Å². The van der Waals surface area contributed by atoms with E-state index >= 15 is 0 Å². The molecule has 1 aliphatic rings. The van der Waals surface area contributed by atoms with Gasteiger partial charge >= 0.3 is 0 Å². The third-order valence-electron chi connectivity index (χ3n) is 2.35. The number of ether oxygens (including phenoxy) is 2. The third-order valence-corrected chi connectivity index (χ3v) is 2.35. The van der Waals surface area contributed by atoms with Crippen molar-refractivity contribution in [3.8, 4) is 11.8 Å². The molecule has 1 fully saturated rings. The highest BCUT2D eigenvalue weighted by Gasteiger charge is 2.12. The third kappa shape index (κ3) is 5.61. The van der Waals surface area contributed by atoms with E-state index in [2.05, 4.69) is 18.4 Å². The molecule has 1 aliphatic heterocycles. The second-order valence-corrected chi connectivity index (χ2v) is 3.76. The maximum absolute atomic E-state index is 5.55. The molecular weight excluding hydrogens is 188 g/mol. The first kappa shape index (κ1) is 12.3. The van der Waals surface area contributed by atoms with E-state index in [9.17, 15) is 0 Å². The highest BCUT2D eigenvalue weighted by Crippen LogP contribution is 2.13. The Morgan fingerprint density at radius 1 is 1.60 bits per heavy atom. The van der Waals surface area contributed by atoms with Crippen LogP contribution in [-0.2, 0) is 9.47 Å². The van der Waals surface area contributed by atoms with E-state index < -0.39 is 0 Å². The second kappa shape index (κ2) is 7.50. The van der Waals surface area contributed by atoms with E-state index in [0.717, 1.165) is 25.9 Å². The Bertz CT molecular complexity index is 231. The molecule has 1 heterocycles. The topological polar surface area (TPSA) is 18.5 Å². The van der Waals surface area contributed by atoms with Gasteiger partial charge in [-0.2, -0.15) is 0 Å². The quantitative estimate of drug-likeness (QED) is 0.402. The van der Waals surface area contributed by atoms with Crippen molar-refractivity contribution in [3.05, 3.63) is 12.7 Å². The SMILES string of the molecule is C=CC(C)C#CCCOC1CCCCO1. The first-order valence-electron chi connectivity index (χ1n) is 5.67. The Hall–Kier alpha value is -0.780. The molecule has 1 rings (SSSR count). The molecule has 0 radical (unpaired) electrons. The van der Waals surface area contributed by atoms with Gasteiger partial charge in [-0.05, 0) is 26.2 Å². The van der Waals surface area contributed by atoms with Crippen LogP contribution in [0.5, 0.6) is 0 Å². The zero-order valence-electron chi connectivity index (χ0n) is 9.50. The first-order chi connectivity index (χ1) is 7.33. The summed E-state index contributed by atoms with van der Waals surface area (Å²) in [6, 6.07) is 0. The fourth-order valence-corrected chi connectivity index (χ4v) is 1.38. The summed E-state index contributed by atoms with van der Waals surface area (Å²) >= 11 is 0. The van der Waals surface area contributed by atoms with Crippen molar-refractivity contribution in [2.24, 2.45) is 5.92 Å². The lowest BCUT2D eigenvalue weighted by molar-refractivity contribution is -0.161. The summed E-state index contributed by atoms with van der Waals surface area (Å²) in [5, 5.41) is 0. The zero-order chi connectivity index (χ0) is 10.9. The van der Waals surface area contributed by atoms with Gasteiger partial charge in [0, 0.05) is 18.9 Å². The normalized spacial score (nSPS) is 22.6. The summed E-state index contributed by atoms with van der Waals surface area (Å²) in [4.78, 5) is 0. The molecule has 0 aromatic rings. The van der Waals surface area contributed by atoms with Crippen molar-refractivity contribution >= 4 is 0 Å². The average Bonchev–Trinajstić information content (AvgIpc) is 2.29. The van der Waals surface area contributed by atoms with Crippen molar-refractivity contribution < 1.29 is 9.47 Å². The Labute approximate surface area is 92.6 Å². The van der Waals surface area contributed by atoms with Crippen LogP contribution in [0.25, 0.3) is 0 Å². The van der Waals surface area contributed by atoms with Gasteiger partial charge in [0.2, 0.25) is 0 Å². The van der Waals surface area contributed by atoms with Gasteiger partial charge in [0.1, 0.15) is 0 Å². The molecule has 2 heteroatoms. The van der Waals surface area contributed by atoms with Crippen LogP contribution >= 0.6 is 0 Å². The van der Waals surface area contributed by atoms with E-state index in [-0.39, 0.29) is 12.2 Å². The maximum Gasteiger partial charge on any atom is 0.157 e. The fourth-order valence-electron chi connectivity index (χ4n) is 1.38. The molecule has 1 saturated heterocycles. The van der Waals surface area contributed by atoms with Gasteiger partial charge in [-0.15, -0.1) is 12.5 Å². The summed E-state index contributed by atoms with van der Waals surface area (Å²) in [5.41, 5.74) is 0. The minimum atomic E-state index is 0.0115. The Morgan fingerprint density at radius 2 is 2.47 bits per heavy atom. The Morgan fingerprint density at radius 3 is 3.13 bits per heavy atom. The van der Waals surface area contributed by atoms with Crippen molar-refractivity contribution in [2.75, 3.05) is 13.2 Å². The van der Waals surface area contributed by atoms with E-state index in [1.807, 2.05) is 13.0 Å². The van der Waals surface area contributed by atoms with Crippen LogP contribution in [0.3, 0.4) is 0 Å². The number of hydrogen-bond acceptors (Lipinski definition) is 2. The molecule has 0 aromatic carbocycles. The van der Waals surface area contributed by atoms with Crippen LogP contribution < -0.4 is 0 Å². The minimum absolute atomic E-state index is 0.0115. The molecule has 0 N–H and O–H groups in total. The number of hydrogen-bond donors (Lipinski definition) is 0. The van der Waals surface area contributed by atoms with Gasteiger partial charge in [0.15, 0.2) is 6.29 Å². The summed E-state index contributed by atoms with van der Waals surface area (Å²) in [5.74, 6) is 6.43. The number of allylic oxidation sites excluding steroid dienone is 1. The molecule has 0 aliphatic carbocycles.